The van der Waals surface area contributed by atoms with E-state index in [-0.39, 0.29) is 0 Å². The van der Waals surface area contributed by atoms with E-state index < -0.39 is 0 Å². The Hall–Kier alpha value is -0.0200. The predicted octanol–water partition coefficient (Wildman–Crippen LogP) is 3.37. The van der Waals surface area contributed by atoms with E-state index in [4.69, 9.17) is 0 Å². The quantitative estimate of drug-likeness (QED) is 0.170. The maximum Gasteiger partial charge on any atom is 0.396 e. The fraction of sp³-hybridized carbons (Fsp3) is 0.929. The Morgan fingerprint density at radius 2 is 1.41 bits per heavy atom. The fourth-order valence-electron chi connectivity index (χ4n) is 2.11. The summed E-state index contributed by atoms with van der Waals surface area (Å²) in [5, 5.41) is 1.14. The van der Waals surface area contributed by atoms with Crippen molar-refractivity contribution < 1.29 is 9.06 Å². The van der Waals surface area contributed by atoms with Gasteiger partial charge in [-0.3, -0.25) is 0 Å². The largest absolute Gasteiger partial charge is 0.396 e. The van der Waals surface area contributed by atoms with Crippen LogP contribution in [0.1, 0.15) is 51.9 Å². The lowest BCUT2D eigenvalue weighted by atomic mass is 10.1. The highest BCUT2D eigenvalue weighted by Crippen LogP contribution is 2.10. The standard InChI is InChI=1S/C14H31N2S/c1-6-7-8-9-10-11-12-13-16(4,5)14(17)15(2)3/h6-13H2,1-5H3/q+1/p+1. The van der Waals surface area contributed by atoms with Crippen molar-refractivity contribution in [3.8, 4) is 0 Å². The van der Waals surface area contributed by atoms with Crippen molar-refractivity contribution in [3.63, 3.8) is 0 Å². The zero-order valence-corrected chi connectivity index (χ0v) is 13.4. The fourth-order valence-corrected chi connectivity index (χ4v) is 2.21. The molecule has 0 aliphatic heterocycles. The molecule has 0 radical (unpaired) electrons. The average Bonchev–Trinajstić information content (AvgIpc) is 2.26. The Morgan fingerprint density at radius 3 is 1.88 bits per heavy atom. The molecule has 0 fully saturated rings. The van der Waals surface area contributed by atoms with Crippen molar-refractivity contribution in [2.24, 2.45) is 0 Å². The molecule has 0 amide bonds. The number of hydrogen-bond acceptors (Lipinski definition) is 0. The number of nitrogens with zero attached hydrogens (tertiary/aromatic N) is 2. The summed E-state index contributed by atoms with van der Waals surface area (Å²) in [6.45, 7) is 3.45. The van der Waals surface area contributed by atoms with Crippen LogP contribution in [0.4, 0.5) is 0 Å². The molecule has 0 aromatic rings. The van der Waals surface area contributed by atoms with E-state index in [1.165, 1.54) is 51.5 Å². The molecular weight excluding hydrogens is 228 g/mol. The second kappa shape index (κ2) is 8.98. The van der Waals surface area contributed by atoms with Gasteiger partial charge in [0.1, 0.15) is 14.1 Å². The minimum atomic E-state index is 0.894. The average molecular weight is 260 g/mol. The number of quaternary nitrogens is 1. The van der Waals surface area contributed by atoms with Crippen LogP contribution in [0.5, 0.6) is 0 Å². The summed E-state index contributed by atoms with van der Waals surface area (Å²) in [7, 11) is 8.60. The molecule has 0 bridgehead atoms. The van der Waals surface area contributed by atoms with Crippen molar-refractivity contribution in [2.45, 2.75) is 51.9 Å². The van der Waals surface area contributed by atoms with Crippen LogP contribution < -0.4 is 0 Å². The molecule has 0 aromatic heterocycles. The lowest BCUT2D eigenvalue weighted by molar-refractivity contribution is -0.818. The molecule has 17 heavy (non-hydrogen) atoms. The van der Waals surface area contributed by atoms with E-state index >= 15 is 0 Å². The lowest BCUT2D eigenvalue weighted by Crippen LogP contribution is -2.46. The van der Waals surface area contributed by atoms with Crippen LogP contribution >= 0.6 is 12.6 Å². The maximum absolute atomic E-state index is 4.59. The van der Waals surface area contributed by atoms with E-state index in [9.17, 15) is 0 Å². The Balaban J connectivity index is 3.70. The first-order valence-electron chi connectivity index (χ1n) is 6.98. The van der Waals surface area contributed by atoms with Crippen LogP contribution in [0.3, 0.4) is 0 Å². The van der Waals surface area contributed by atoms with Crippen LogP contribution in [0.25, 0.3) is 0 Å². The predicted molar refractivity (Wildman–Crippen MR) is 81.1 cm³/mol. The molecule has 0 unspecified atom stereocenters. The molecule has 0 aliphatic rings. The van der Waals surface area contributed by atoms with Crippen LogP contribution in [0, 0.1) is 0 Å². The zero-order chi connectivity index (χ0) is 13.3. The van der Waals surface area contributed by atoms with E-state index in [1.54, 1.807) is 0 Å². The van der Waals surface area contributed by atoms with Crippen molar-refractivity contribution in [2.75, 3.05) is 34.7 Å². The molecule has 0 rings (SSSR count). The normalized spacial score (nSPS) is 11.6. The number of unbranched alkanes of at least 4 members (excludes halogenated alkanes) is 6. The SMILES string of the molecule is CCCCCCCCC[N+](C)(C)C(S)=[N+](C)C. The summed E-state index contributed by atoms with van der Waals surface area (Å²) in [4.78, 5) is 0. The highest BCUT2D eigenvalue weighted by Gasteiger charge is 2.26. The molecule has 0 atom stereocenters. The molecule has 0 saturated carbocycles. The molecule has 3 heteroatoms. The van der Waals surface area contributed by atoms with E-state index in [1.807, 2.05) is 0 Å². The zero-order valence-electron chi connectivity index (χ0n) is 12.5. The van der Waals surface area contributed by atoms with E-state index in [2.05, 4.69) is 52.3 Å². The van der Waals surface area contributed by atoms with Crippen molar-refractivity contribution >= 4 is 17.8 Å². The molecular formula is C14H32N2S+2. The Kier molecular flexibility index (Phi) is 8.97. The van der Waals surface area contributed by atoms with E-state index in [0.717, 1.165) is 9.65 Å². The first-order chi connectivity index (χ1) is 7.91. The number of hydrogen-bond donors (Lipinski definition) is 1. The Bertz CT molecular complexity index is 230. The van der Waals surface area contributed by atoms with Gasteiger partial charge in [-0.25, -0.2) is 4.48 Å². The third-order valence-corrected chi connectivity index (χ3v) is 4.20. The Labute approximate surface area is 114 Å². The van der Waals surface area contributed by atoms with Gasteiger partial charge < -0.3 is 0 Å². The molecule has 0 heterocycles. The smallest absolute Gasteiger partial charge is 0.235 e. The van der Waals surface area contributed by atoms with Crippen molar-refractivity contribution in [3.05, 3.63) is 0 Å². The maximum atomic E-state index is 4.59. The topological polar surface area (TPSA) is 3.01 Å². The minimum Gasteiger partial charge on any atom is -0.235 e. The van der Waals surface area contributed by atoms with Gasteiger partial charge in [-0.15, -0.1) is 0 Å². The van der Waals surface area contributed by atoms with Gasteiger partial charge in [0.2, 0.25) is 0 Å². The molecule has 0 aromatic carbocycles. The van der Waals surface area contributed by atoms with Gasteiger partial charge in [0.15, 0.2) is 0 Å². The molecule has 0 N–H and O–H groups in total. The number of rotatable bonds is 8. The third-order valence-electron chi connectivity index (χ3n) is 3.26. The Morgan fingerprint density at radius 1 is 0.941 bits per heavy atom. The van der Waals surface area contributed by atoms with Gasteiger partial charge >= 0.3 is 5.17 Å². The van der Waals surface area contributed by atoms with Crippen LogP contribution in [-0.2, 0) is 0 Å². The van der Waals surface area contributed by atoms with Gasteiger partial charge in [-0.05, 0) is 25.5 Å². The summed E-state index contributed by atoms with van der Waals surface area (Å²) in [6, 6.07) is 0. The minimum absolute atomic E-state index is 0.894. The summed E-state index contributed by atoms with van der Waals surface area (Å²) >= 11 is 4.59. The second-order valence-electron chi connectivity index (χ2n) is 5.72. The molecule has 102 valence electrons. The molecule has 0 saturated heterocycles. The van der Waals surface area contributed by atoms with Gasteiger partial charge in [0.05, 0.1) is 20.6 Å². The monoisotopic (exact) mass is 260 g/mol. The van der Waals surface area contributed by atoms with Crippen molar-refractivity contribution in [1.82, 2.24) is 0 Å². The summed E-state index contributed by atoms with van der Waals surface area (Å²) < 4.78 is 3.00. The molecule has 2 nitrogen and oxygen atoms in total. The van der Waals surface area contributed by atoms with Gasteiger partial charge in [0, 0.05) is 0 Å². The summed E-state index contributed by atoms with van der Waals surface area (Å²) in [5.41, 5.74) is 0. The van der Waals surface area contributed by atoms with Crippen LogP contribution in [0.2, 0.25) is 0 Å². The third kappa shape index (κ3) is 7.82. The second-order valence-corrected chi connectivity index (χ2v) is 6.12. The summed E-state index contributed by atoms with van der Waals surface area (Å²) in [6.07, 6.45) is 9.62. The van der Waals surface area contributed by atoms with Crippen LogP contribution in [-0.4, -0.2) is 49.0 Å². The molecule has 0 spiro atoms. The lowest BCUT2D eigenvalue weighted by Gasteiger charge is -2.24. The molecule has 0 aliphatic carbocycles. The van der Waals surface area contributed by atoms with E-state index in [0.29, 0.717) is 0 Å². The number of amidine groups is 1. The first-order valence-corrected chi connectivity index (χ1v) is 7.43. The van der Waals surface area contributed by atoms with Gasteiger partial charge in [-0.2, -0.15) is 4.58 Å². The van der Waals surface area contributed by atoms with Gasteiger partial charge in [0.25, 0.3) is 0 Å². The number of thiol groups is 1. The van der Waals surface area contributed by atoms with Crippen molar-refractivity contribution in [1.29, 1.82) is 0 Å². The van der Waals surface area contributed by atoms with Crippen LogP contribution in [0.15, 0.2) is 0 Å². The highest BCUT2D eigenvalue weighted by atomic mass is 32.1. The summed E-state index contributed by atoms with van der Waals surface area (Å²) in [5.74, 6) is 0. The van der Waals surface area contributed by atoms with Gasteiger partial charge in [-0.1, -0.05) is 39.0 Å². The first kappa shape index (κ1) is 17.0. The highest BCUT2D eigenvalue weighted by molar-refractivity contribution is 7.96.